The lowest BCUT2D eigenvalue weighted by molar-refractivity contribution is -0.162. The van der Waals surface area contributed by atoms with Gasteiger partial charge in [-0.25, -0.2) is 0 Å². The first kappa shape index (κ1) is 19.0. The molecular formula is C14H21F3N4O2. The van der Waals surface area contributed by atoms with Crippen molar-refractivity contribution < 1.29 is 22.8 Å². The predicted octanol–water partition coefficient (Wildman–Crippen LogP) is 1.70. The number of nitrogens with zero attached hydrogens (tertiary/aromatic N) is 4. The third kappa shape index (κ3) is 5.91. The normalized spacial score (nSPS) is 12.8. The Labute approximate surface area is 132 Å². The molecule has 23 heavy (non-hydrogen) atoms. The smallest absolute Gasteiger partial charge is 0.335 e. The summed E-state index contributed by atoms with van der Waals surface area (Å²) in [4.78, 5) is 26.1. The molecule has 0 fully saturated rings. The summed E-state index contributed by atoms with van der Waals surface area (Å²) < 4.78 is 39.0. The number of likely N-dealkylation sites (N-methyl/N-ethyl adjacent to an activating group) is 1. The first-order chi connectivity index (χ1) is 10.7. The van der Waals surface area contributed by atoms with Gasteiger partial charge >= 0.3 is 6.18 Å². The molecule has 0 radical (unpaired) electrons. The van der Waals surface area contributed by atoms with Gasteiger partial charge in [-0.1, -0.05) is 6.92 Å². The standard InChI is InChI=1S/C14H21F3N4O2/c1-4-7-20(10-14(15,16)17)12(22)9-19(3)13(23)11(2)21-8-5-6-18-21/h5-6,8,11H,4,7,9-10H2,1-3H3/t11-/m0/s1. The molecule has 1 aromatic rings. The van der Waals surface area contributed by atoms with Crippen molar-refractivity contribution in [1.82, 2.24) is 19.6 Å². The molecule has 130 valence electrons. The molecule has 0 N–H and O–H groups in total. The van der Waals surface area contributed by atoms with Crippen LogP contribution in [0.25, 0.3) is 0 Å². The van der Waals surface area contributed by atoms with Gasteiger partial charge in [0.15, 0.2) is 0 Å². The van der Waals surface area contributed by atoms with Gasteiger partial charge in [0.1, 0.15) is 12.6 Å². The van der Waals surface area contributed by atoms with Crippen LogP contribution in [-0.4, -0.2) is 64.3 Å². The zero-order valence-corrected chi connectivity index (χ0v) is 13.4. The predicted molar refractivity (Wildman–Crippen MR) is 77.5 cm³/mol. The van der Waals surface area contributed by atoms with Crippen LogP contribution in [0.1, 0.15) is 26.3 Å². The van der Waals surface area contributed by atoms with Crippen molar-refractivity contribution in [2.24, 2.45) is 0 Å². The first-order valence-corrected chi connectivity index (χ1v) is 7.24. The largest absolute Gasteiger partial charge is 0.406 e. The van der Waals surface area contributed by atoms with Crippen LogP contribution in [0.3, 0.4) is 0 Å². The van der Waals surface area contributed by atoms with Crippen molar-refractivity contribution in [1.29, 1.82) is 0 Å². The van der Waals surface area contributed by atoms with Crippen molar-refractivity contribution in [3.05, 3.63) is 18.5 Å². The molecule has 0 aliphatic rings. The van der Waals surface area contributed by atoms with Gasteiger partial charge in [-0.15, -0.1) is 0 Å². The fourth-order valence-corrected chi connectivity index (χ4v) is 2.10. The highest BCUT2D eigenvalue weighted by atomic mass is 19.4. The Bertz CT molecular complexity index is 517. The highest BCUT2D eigenvalue weighted by Crippen LogP contribution is 2.17. The average molecular weight is 334 g/mol. The Morgan fingerprint density at radius 2 is 2.00 bits per heavy atom. The molecule has 1 aromatic heterocycles. The van der Waals surface area contributed by atoms with Gasteiger partial charge in [0.25, 0.3) is 0 Å². The van der Waals surface area contributed by atoms with E-state index < -0.39 is 37.1 Å². The molecule has 1 atom stereocenters. The Balaban J connectivity index is 2.67. The van der Waals surface area contributed by atoms with Gasteiger partial charge in [0.05, 0.1) is 6.54 Å². The molecule has 2 amide bonds. The summed E-state index contributed by atoms with van der Waals surface area (Å²) in [5.41, 5.74) is 0. The molecule has 0 unspecified atom stereocenters. The number of alkyl halides is 3. The average Bonchev–Trinajstić information content (AvgIpc) is 2.97. The van der Waals surface area contributed by atoms with Crippen molar-refractivity contribution in [2.75, 3.05) is 26.7 Å². The van der Waals surface area contributed by atoms with Crippen LogP contribution >= 0.6 is 0 Å². The van der Waals surface area contributed by atoms with E-state index in [0.29, 0.717) is 6.42 Å². The van der Waals surface area contributed by atoms with Gasteiger partial charge in [-0.2, -0.15) is 18.3 Å². The summed E-state index contributed by atoms with van der Waals surface area (Å²) in [6.45, 7) is 1.58. The molecule has 0 aliphatic heterocycles. The monoisotopic (exact) mass is 334 g/mol. The van der Waals surface area contributed by atoms with Crippen molar-refractivity contribution in [3.63, 3.8) is 0 Å². The van der Waals surface area contributed by atoms with Gasteiger partial charge in [-0.05, 0) is 19.4 Å². The number of hydrogen-bond donors (Lipinski definition) is 0. The summed E-state index contributed by atoms with van der Waals surface area (Å²) in [6, 6.07) is 1.02. The number of amides is 2. The second-order valence-electron chi connectivity index (χ2n) is 5.29. The second kappa shape index (κ2) is 7.98. The number of hydrogen-bond acceptors (Lipinski definition) is 3. The highest BCUT2D eigenvalue weighted by Gasteiger charge is 2.33. The number of aromatic nitrogens is 2. The second-order valence-corrected chi connectivity index (χ2v) is 5.29. The molecule has 0 spiro atoms. The van der Waals surface area contributed by atoms with E-state index >= 15 is 0 Å². The Morgan fingerprint density at radius 1 is 1.35 bits per heavy atom. The number of carbonyl (C=O) groups excluding carboxylic acids is 2. The molecule has 6 nitrogen and oxygen atoms in total. The maximum atomic E-state index is 12.5. The third-order valence-electron chi connectivity index (χ3n) is 3.24. The lowest BCUT2D eigenvalue weighted by Gasteiger charge is -2.27. The molecule has 0 aromatic carbocycles. The van der Waals surface area contributed by atoms with Gasteiger partial charge < -0.3 is 9.80 Å². The van der Waals surface area contributed by atoms with E-state index in [1.54, 1.807) is 26.1 Å². The van der Waals surface area contributed by atoms with Crippen molar-refractivity contribution in [2.45, 2.75) is 32.5 Å². The lowest BCUT2D eigenvalue weighted by atomic mass is 10.3. The summed E-state index contributed by atoms with van der Waals surface area (Å²) in [6.07, 6.45) is -0.939. The summed E-state index contributed by atoms with van der Waals surface area (Å²) in [5, 5.41) is 3.94. The van der Waals surface area contributed by atoms with E-state index in [1.807, 2.05) is 0 Å². The van der Waals surface area contributed by atoms with Gasteiger partial charge in [-0.3, -0.25) is 14.3 Å². The Hall–Kier alpha value is -2.06. The summed E-state index contributed by atoms with van der Waals surface area (Å²) in [5.74, 6) is -1.13. The topological polar surface area (TPSA) is 58.4 Å². The van der Waals surface area contributed by atoms with E-state index in [4.69, 9.17) is 0 Å². The molecule has 0 aliphatic carbocycles. The molecule has 0 saturated heterocycles. The number of rotatable bonds is 7. The number of carbonyl (C=O) groups is 2. The minimum atomic E-state index is -4.46. The highest BCUT2D eigenvalue weighted by molar-refractivity contribution is 5.86. The summed E-state index contributed by atoms with van der Waals surface area (Å²) in [7, 11) is 1.39. The maximum absolute atomic E-state index is 12.5. The molecule has 9 heteroatoms. The van der Waals surface area contributed by atoms with Crippen LogP contribution in [0.5, 0.6) is 0 Å². The fourth-order valence-electron chi connectivity index (χ4n) is 2.10. The minimum Gasteiger partial charge on any atom is -0.335 e. The van der Waals surface area contributed by atoms with E-state index in [0.717, 1.165) is 9.80 Å². The van der Waals surface area contributed by atoms with E-state index in [2.05, 4.69) is 5.10 Å². The van der Waals surface area contributed by atoms with E-state index in [9.17, 15) is 22.8 Å². The molecule has 1 heterocycles. The summed E-state index contributed by atoms with van der Waals surface area (Å²) >= 11 is 0. The molecule has 0 bridgehead atoms. The van der Waals surface area contributed by atoms with Crippen LogP contribution in [0, 0.1) is 0 Å². The third-order valence-corrected chi connectivity index (χ3v) is 3.24. The van der Waals surface area contributed by atoms with Crippen molar-refractivity contribution >= 4 is 11.8 Å². The minimum absolute atomic E-state index is 0.00488. The van der Waals surface area contributed by atoms with Crippen molar-refractivity contribution in [3.8, 4) is 0 Å². The maximum Gasteiger partial charge on any atom is 0.406 e. The number of halogens is 3. The van der Waals surface area contributed by atoms with Gasteiger partial charge in [0.2, 0.25) is 11.8 Å². The zero-order chi connectivity index (χ0) is 17.6. The Morgan fingerprint density at radius 3 is 2.48 bits per heavy atom. The van der Waals surface area contributed by atoms with Crippen LogP contribution in [0.4, 0.5) is 13.2 Å². The fraction of sp³-hybridized carbons (Fsp3) is 0.643. The lowest BCUT2D eigenvalue weighted by Crippen LogP contribution is -2.46. The molecular weight excluding hydrogens is 313 g/mol. The molecule has 1 rings (SSSR count). The van der Waals surface area contributed by atoms with E-state index in [-0.39, 0.29) is 6.54 Å². The van der Waals surface area contributed by atoms with Crippen LogP contribution in [0.15, 0.2) is 18.5 Å². The molecule has 0 saturated carbocycles. The van der Waals surface area contributed by atoms with Crippen LogP contribution in [0.2, 0.25) is 0 Å². The SMILES string of the molecule is CCCN(CC(F)(F)F)C(=O)CN(C)C(=O)[C@H](C)n1cccn1. The van der Waals surface area contributed by atoms with E-state index in [1.165, 1.54) is 17.9 Å². The van der Waals surface area contributed by atoms with Gasteiger partial charge in [0, 0.05) is 26.0 Å². The quantitative estimate of drug-likeness (QED) is 0.763. The Kier molecular flexibility index (Phi) is 6.59. The van der Waals surface area contributed by atoms with Crippen LogP contribution in [-0.2, 0) is 9.59 Å². The first-order valence-electron chi connectivity index (χ1n) is 7.24. The van der Waals surface area contributed by atoms with Crippen LogP contribution < -0.4 is 0 Å². The zero-order valence-electron chi connectivity index (χ0n) is 13.4.